The fraction of sp³-hybridized carbons (Fsp3) is 0.300. The molecule has 0 spiro atoms. The number of rotatable bonds is 0. The second-order valence-electron chi connectivity index (χ2n) is 3.20. The van der Waals surface area contributed by atoms with Crippen LogP contribution in [0.4, 0.5) is 4.39 Å². The van der Waals surface area contributed by atoms with Gasteiger partial charge in [0.05, 0.1) is 17.7 Å². The minimum absolute atomic E-state index is 0.324. The van der Waals surface area contributed by atoms with Gasteiger partial charge in [-0.3, -0.25) is 0 Å². The van der Waals surface area contributed by atoms with Gasteiger partial charge in [0.15, 0.2) is 0 Å². The van der Waals surface area contributed by atoms with Gasteiger partial charge in [-0.1, -0.05) is 0 Å². The first kappa shape index (κ1) is 8.21. The van der Waals surface area contributed by atoms with Gasteiger partial charge in [-0.2, -0.15) is 5.26 Å². The summed E-state index contributed by atoms with van der Waals surface area (Å²) in [4.78, 5) is 0. The van der Waals surface area contributed by atoms with Crippen LogP contribution in [-0.2, 0) is 6.42 Å². The van der Waals surface area contributed by atoms with E-state index in [2.05, 4.69) is 0 Å². The highest BCUT2D eigenvalue weighted by molar-refractivity contribution is 5.42. The van der Waals surface area contributed by atoms with E-state index in [4.69, 9.17) is 5.26 Å². The number of aryl methyl sites for hydroxylation is 1. The summed E-state index contributed by atoms with van der Waals surface area (Å²) in [5, 5.41) is 18.0. The molecule has 0 amide bonds. The van der Waals surface area contributed by atoms with Crippen molar-refractivity contribution in [1.29, 1.82) is 5.26 Å². The molecule has 0 aliphatic heterocycles. The molecule has 0 fully saturated rings. The van der Waals surface area contributed by atoms with Crippen molar-refractivity contribution >= 4 is 0 Å². The molecule has 1 atom stereocenters. The number of benzene rings is 1. The lowest BCUT2D eigenvalue weighted by Gasteiger charge is -2.04. The summed E-state index contributed by atoms with van der Waals surface area (Å²) in [5.41, 5.74) is 1.47. The van der Waals surface area contributed by atoms with Gasteiger partial charge in [0.1, 0.15) is 5.82 Å². The zero-order chi connectivity index (χ0) is 9.42. The average Bonchev–Trinajstić information content (AvgIpc) is 2.48. The first-order valence-electron chi connectivity index (χ1n) is 4.13. The van der Waals surface area contributed by atoms with Gasteiger partial charge in [-0.25, -0.2) is 4.39 Å². The van der Waals surface area contributed by atoms with Crippen molar-refractivity contribution in [2.45, 2.75) is 18.9 Å². The van der Waals surface area contributed by atoms with Crippen LogP contribution in [0.2, 0.25) is 0 Å². The summed E-state index contributed by atoms with van der Waals surface area (Å²) >= 11 is 0. The number of nitrogens with zero attached hydrogens (tertiary/aromatic N) is 1. The maximum Gasteiger partial charge on any atom is 0.130 e. The number of fused-ring (bicyclic) bond motifs is 1. The van der Waals surface area contributed by atoms with Crippen LogP contribution in [0.25, 0.3) is 0 Å². The molecule has 0 bridgehead atoms. The Morgan fingerprint density at radius 2 is 2.31 bits per heavy atom. The van der Waals surface area contributed by atoms with Crippen molar-refractivity contribution in [2.75, 3.05) is 0 Å². The molecule has 1 unspecified atom stereocenters. The van der Waals surface area contributed by atoms with Gasteiger partial charge in [0, 0.05) is 5.56 Å². The number of aliphatic hydroxyl groups is 1. The van der Waals surface area contributed by atoms with Crippen molar-refractivity contribution in [3.63, 3.8) is 0 Å². The predicted molar refractivity (Wildman–Crippen MR) is 44.4 cm³/mol. The summed E-state index contributed by atoms with van der Waals surface area (Å²) in [6, 6.07) is 4.71. The lowest BCUT2D eigenvalue weighted by atomic mass is 10.1. The molecule has 3 heteroatoms. The lowest BCUT2D eigenvalue weighted by molar-refractivity contribution is 0.176. The summed E-state index contributed by atoms with van der Waals surface area (Å²) in [6.07, 6.45) is 0.520. The molecule has 1 aromatic rings. The highest BCUT2D eigenvalue weighted by atomic mass is 19.1. The maximum atomic E-state index is 13.3. The fourth-order valence-corrected chi connectivity index (χ4v) is 1.76. The topological polar surface area (TPSA) is 44.0 Å². The third-order valence-electron chi connectivity index (χ3n) is 2.36. The second kappa shape index (κ2) is 2.82. The van der Waals surface area contributed by atoms with Crippen LogP contribution < -0.4 is 0 Å². The summed E-state index contributed by atoms with van der Waals surface area (Å²) in [7, 11) is 0. The molecule has 13 heavy (non-hydrogen) atoms. The van der Waals surface area contributed by atoms with Crippen LogP contribution in [0.1, 0.15) is 29.2 Å². The Kier molecular flexibility index (Phi) is 1.78. The van der Waals surface area contributed by atoms with E-state index >= 15 is 0 Å². The highest BCUT2D eigenvalue weighted by Gasteiger charge is 2.24. The third-order valence-corrected chi connectivity index (χ3v) is 2.36. The van der Waals surface area contributed by atoms with Gasteiger partial charge in [0.25, 0.3) is 0 Å². The Labute approximate surface area is 75.2 Å². The van der Waals surface area contributed by atoms with Crippen molar-refractivity contribution in [3.05, 3.63) is 34.6 Å². The van der Waals surface area contributed by atoms with Crippen LogP contribution in [0, 0.1) is 17.1 Å². The van der Waals surface area contributed by atoms with Crippen LogP contribution >= 0.6 is 0 Å². The van der Waals surface area contributed by atoms with Crippen molar-refractivity contribution in [1.82, 2.24) is 0 Å². The Morgan fingerprint density at radius 1 is 1.54 bits per heavy atom. The SMILES string of the molecule is N#Cc1cc(F)c2c(c1)CCC2O. The largest absolute Gasteiger partial charge is 0.388 e. The third kappa shape index (κ3) is 1.20. The number of aliphatic hydroxyl groups excluding tert-OH is 1. The second-order valence-corrected chi connectivity index (χ2v) is 3.20. The predicted octanol–water partition coefficient (Wildman–Crippen LogP) is 1.68. The van der Waals surface area contributed by atoms with Crippen molar-refractivity contribution in [3.8, 4) is 6.07 Å². The molecule has 2 nitrogen and oxygen atoms in total. The van der Waals surface area contributed by atoms with E-state index in [0.29, 0.717) is 24.0 Å². The number of hydrogen-bond acceptors (Lipinski definition) is 2. The number of hydrogen-bond donors (Lipinski definition) is 1. The van der Waals surface area contributed by atoms with Gasteiger partial charge in [-0.15, -0.1) is 0 Å². The van der Waals surface area contributed by atoms with E-state index < -0.39 is 11.9 Å². The number of halogens is 1. The van der Waals surface area contributed by atoms with Gasteiger partial charge in [0.2, 0.25) is 0 Å². The zero-order valence-electron chi connectivity index (χ0n) is 6.92. The molecule has 0 radical (unpaired) electrons. The van der Waals surface area contributed by atoms with Crippen LogP contribution in [0.5, 0.6) is 0 Å². The highest BCUT2D eigenvalue weighted by Crippen LogP contribution is 2.33. The Morgan fingerprint density at radius 3 is 3.00 bits per heavy atom. The Bertz CT molecular complexity index is 395. The fourth-order valence-electron chi connectivity index (χ4n) is 1.76. The summed E-state index contributed by atoms with van der Waals surface area (Å²) in [6.45, 7) is 0. The monoisotopic (exact) mass is 177 g/mol. The molecule has 2 rings (SSSR count). The molecule has 1 aliphatic carbocycles. The molecular weight excluding hydrogens is 169 g/mol. The molecule has 1 aliphatic rings. The van der Waals surface area contributed by atoms with E-state index in [1.807, 2.05) is 6.07 Å². The average molecular weight is 177 g/mol. The van der Waals surface area contributed by atoms with E-state index in [1.165, 1.54) is 6.07 Å². The van der Waals surface area contributed by atoms with Gasteiger partial charge in [-0.05, 0) is 30.5 Å². The van der Waals surface area contributed by atoms with Crippen molar-refractivity contribution in [2.24, 2.45) is 0 Å². The first-order chi connectivity index (χ1) is 6.22. The molecule has 1 aromatic carbocycles. The van der Waals surface area contributed by atoms with Crippen LogP contribution in [-0.4, -0.2) is 5.11 Å². The molecule has 0 saturated heterocycles. The smallest absolute Gasteiger partial charge is 0.130 e. The lowest BCUT2D eigenvalue weighted by Crippen LogP contribution is -1.96. The molecule has 0 heterocycles. The molecule has 66 valence electrons. The van der Waals surface area contributed by atoms with Crippen LogP contribution in [0.3, 0.4) is 0 Å². The molecular formula is C10H8FNO. The first-order valence-corrected chi connectivity index (χ1v) is 4.13. The van der Waals surface area contributed by atoms with E-state index in [1.54, 1.807) is 6.07 Å². The normalized spacial score (nSPS) is 19.6. The minimum atomic E-state index is -0.692. The Hall–Kier alpha value is -1.40. The van der Waals surface area contributed by atoms with Gasteiger partial charge >= 0.3 is 0 Å². The van der Waals surface area contributed by atoms with Crippen LogP contribution in [0.15, 0.2) is 12.1 Å². The van der Waals surface area contributed by atoms with E-state index in [9.17, 15) is 9.50 Å². The maximum absolute atomic E-state index is 13.3. The molecule has 0 aromatic heterocycles. The Balaban J connectivity index is 2.61. The van der Waals surface area contributed by atoms with Crippen molar-refractivity contribution < 1.29 is 9.50 Å². The molecule has 0 saturated carbocycles. The summed E-state index contributed by atoms with van der Waals surface area (Å²) in [5.74, 6) is -0.459. The summed E-state index contributed by atoms with van der Waals surface area (Å²) < 4.78 is 13.3. The van der Waals surface area contributed by atoms with E-state index in [-0.39, 0.29) is 0 Å². The zero-order valence-corrected chi connectivity index (χ0v) is 6.92. The standard InChI is InChI=1S/C10H8FNO/c11-8-4-6(5-12)3-7-1-2-9(13)10(7)8/h3-4,9,13H,1-2H2. The van der Waals surface area contributed by atoms with Gasteiger partial charge < -0.3 is 5.11 Å². The quantitative estimate of drug-likeness (QED) is 0.655. The van der Waals surface area contributed by atoms with E-state index in [0.717, 1.165) is 5.56 Å². The number of nitriles is 1. The minimum Gasteiger partial charge on any atom is -0.388 e. The molecule has 1 N–H and O–H groups in total.